The van der Waals surface area contributed by atoms with Gasteiger partial charge in [-0.3, -0.25) is 0 Å². The molecule has 3 heteroatoms. The molecule has 0 unspecified atom stereocenters. The predicted molar refractivity (Wildman–Crippen MR) is 66.7 cm³/mol. The summed E-state index contributed by atoms with van der Waals surface area (Å²) in [6.45, 7) is 1.93. The Labute approximate surface area is 98.9 Å². The van der Waals surface area contributed by atoms with Gasteiger partial charge in [-0.05, 0) is 30.7 Å². The molecule has 1 N–H and O–H groups in total. The van der Waals surface area contributed by atoms with Crippen LogP contribution in [0.15, 0.2) is 34.8 Å². The van der Waals surface area contributed by atoms with Gasteiger partial charge in [-0.2, -0.15) is 0 Å². The van der Waals surface area contributed by atoms with Crippen molar-refractivity contribution in [1.82, 2.24) is 5.32 Å². The molecule has 0 amide bonds. The van der Waals surface area contributed by atoms with Gasteiger partial charge in [-0.1, -0.05) is 29.8 Å². The standard InChI is InChI=1S/C13H12ClNO/c14-11-3-1-2-10-8-12(16-13(10)11)9-4-6-15-7-5-9/h1-4,8,15H,5-7H2. The van der Waals surface area contributed by atoms with E-state index in [1.54, 1.807) is 0 Å². The summed E-state index contributed by atoms with van der Waals surface area (Å²) in [7, 11) is 0. The molecule has 0 radical (unpaired) electrons. The summed E-state index contributed by atoms with van der Waals surface area (Å²) < 4.78 is 5.81. The van der Waals surface area contributed by atoms with Gasteiger partial charge < -0.3 is 9.73 Å². The Balaban J connectivity index is 2.11. The minimum atomic E-state index is 0.679. The molecule has 2 heterocycles. The summed E-state index contributed by atoms with van der Waals surface area (Å²) in [6, 6.07) is 7.89. The number of para-hydroxylation sites is 1. The molecule has 0 fully saturated rings. The zero-order valence-electron chi connectivity index (χ0n) is 8.79. The third-order valence-electron chi connectivity index (χ3n) is 2.88. The summed E-state index contributed by atoms with van der Waals surface area (Å²) in [5.41, 5.74) is 2.06. The molecular formula is C13H12ClNO. The summed E-state index contributed by atoms with van der Waals surface area (Å²) in [5.74, 6) is 0.949. The van der Waals surface area contributed by atoms with E-state index in [1.807, 2.05) is 18.2 Å². The topological polar surface area (TPSA) is 25.2 Å². The van der Waals surface area contributed by atoms with Gasteiger partial charge in [-0.25, -0.2) is 0 Å². The van der Waals surface area contributed by atoms with Gasteiger partial charge in [0.25, 0.3) is 0 Å². The first-order valence-electron chi connectivity index (χ1n) is 5.43. The number of fused-ring (bicyclic) bond motifs is 1. The maximum Gasteiger partial charge on any atom is 0.153 e. The molecule has 0 spiro atoms. The van der Waals surface area contributed by atoms with Gasteiger partial charge in [0.1, 0.15) is 5.76 Å². The zero-order valence-corrected chi connectivity index (χ0v) is 9.55. The largest absolute Gasteiger partial charge is 0.455 e. The highest BCUT2D eigenvalue weighted by Crippen LogP contribution is 2.31. The first-order chi connectivity index (χ1) is 7.84. The van der Waals surface area contributed by atoms with Crippen molar-refractivity contribution in [3.05, 3.63) is 41.1 Å². The minimum Gasteiger partial charge on any atom is -0.455 e. The van der Waals surface area contributed by atoms with Crippen molar-refractivity contribution in [2.24, 2.45) is 0 Å². The number of nitrogens with one attached hydrogen (secondary N) is 1. The van der Waals surface area contributed by atoms with E-state index in [2.05, 4.69) is 17.5 Å². The average Bonchev–Trinajstić information content (AvgIpc) is 2.76. The van der Waals surface area contributed by atoms with Crippen molar-refractivity contribution in [3.63, 3.8) is 0 Å². The lowest BCUT2D eigenvalue weighted by Crippen LogP contribution is -2.19. The van der Waals surface area contributed by atoms with E-state index in [-0.39, 0.29) is 0 Å². The van der Waals surface area contributed by atoms with Gasteiger partial charge in [0, 0.05) is 11.9 Å². The van der Waals surface area contributed by atoms with Crippen molar-refractivity contribution in [2.45, 2.75) is 6.42 Å². The number of hydrogen-bond donors (Lipinski definition) is 1. The Morgan fingerprint density at radius 1 is 1.31 bits per heavy atom. The molecule has 82 valence electrons. The molecule has 1 aliphatic rings. The third kappa shape index (κ3) is 1.64. The SMILES string of the molecule is Clc1cccc2cc(C3=CCNCC3)oc12. The second-order valence-electron chi connectivity index (χ2n) is 3.95. The van der Waals surface area contributed by atoms with E-state index in [4.69, 9.17) is 16.0 Å². The molecule has 1 aromatic heterocycles. The molecule has 0 aliphatic carbocycles. The Hall–Kier alpha value is -1.25. The van der Waals surface area contributed by atoms with Crippen LogP contribution in [-0.4, -0.2) is 13.1 Å². The van der Waals surface area contributed by atoms with Crippen molar-refractivity contribution in [3.8, 4) is 0 Å². The van der Waals surface area contributed by atoms with Crippen LogP contribution in [0.1, 0.15) is 12.2 Å². The normalized spacial score (nSPS) is 16.4. The monoisotopic (exact) mass is 233 g/mol. The second kappa shape index (κ2) is 3.96. The van der Waals surface area contributed by atoms with Gasteiger partial charge in [0.2, 0.25) is 0 Å². The predicted octanol–water partition coefficient (Wildman–Crippen LogP) is 3.46. The van der Waals surface area contributed by atoms with E-state index in [9.17, 15) is 0 Å². The highest BCUT2D eigenvalue weighted by molar-refractivity contribution is 6.34. The fourth-order valence-corrected chi connectivity index (χ4v) is 2.25. The summed E-state index contributed by atoms with van der Waals surface area (Å²) in [6.07, 6.45) is 3.19. The van der Waals surface area contributed by atoms with E-state index in [0.29, 0.717) is 5.02 Å². The van der Waals surface area contributed by atoms with Gasteiger partial charge in [-0.15, -0.1) is 0 Å². The highest BCUT2D eigenvalue weighted by Gasteiger charge is 2.12. The highest BCUT2D eigenvalue weighted by atomic mass is 35.5. The Kier molecular flexibility index (Phi) is 2.46. The third-order valence-corrected chi connectivity index (χ3v) is 3.17. The number of rotatable bonds is 1. The van der Waals surface area contributed by atoms with Crippen molar-refractivity contribution in [1.29, 1.82) is 0 Å². The Morgan fingerprint density at radius 3 is 3.00 bits per heavy atom. The lowest BCUT2D eigenvalue weighted by molar-refractivity contribution is 0.590. The molecule has 3 rings (SSSR count). The molecule has 2 aromatic rings. The maximum absolute atomic E-state index is 6.08. The van der Waals surface area contributed by atoms with Crippen molar-refractivity contribution >= 4 is 28.1 Å². The summed E-state index contributed by atoms with van der Waals surface area (Å²) in [5, 5.41) is 5.04. The lowest BCUT2D eigenvalue weighted by atomic mass is 10.1. The average molecular weight is 234 g/mol. The van der Waals surface area contributed by atoms with Crippen molar-refractivity contribution < 1.29 is 4.42 Å². The van der Waals surface area contributed by atoms with Crippen LogP contribution in [0.25, 0.3) is 16.5 Å². The quantitative estimate of drug-likeness (QED) is 0.816. The molecule has 16 heavy (non-hydrogen) atoms. The molecule has 1 aliphatic heterocycles. The van der Waals surface area contributed by atoms with Crippen LogP contribution < -0.4 is 5.32 Å². The molecule has 1 aromatic carbocycles. The molecule has 2 nitrogen and oxygen atoms in total. The van der Waals surface area contributed by atoms with Gasteiger partial charge in [0.15, 0.2) is 5.58 Å². The first-order valence-corrected chi connectivity index (χ1v) is 5.80. The van der Waals surface area contributed by atoms with Crippen LogP contribution in [0.3, 0.4) is 0 Å². The van der Waals surface area contributed by atoms with E-state index in [0.717, 1.165) is 36.2 Å². The van der Waals surface area contributed by atoms with Gasteiger partial charge in [0.05, 0.1) is 5.02 Å². The van der Waals surface area contributed by atoms with Crippen LogP contribution in [0.2, 0.25) is 5.02 Å². The number of benzene rings is 1. The smallest absolute Gasteiger partial charge is 0.153 e. The number of halogens is 1. The number of furan rings is 1. The van der Waals surface area contributed by atoms with Crippen LogP contribution >= 0.6 is 11.6 Å². The molecule has 0 bridgehead atoms. The van der Waals surface area contributed by atoms with E-state index >= 15 is 0 Å². The first kappa shape index (κ1) is 9.94. The maximum atomic E-state index is 6.08. The van der Waals surface area contributed by atoms with E-state index in [1.165, 1.54) is 5.57 Å². The fraction of sp³-hybridized carbons (Fsp3) is 0.231. The lowest BCUT2D eigenvalue weighted by Gasteiger charge is -2.11. The molecule has 0 saturated heterocycles. The molecule has 0 atom stereocenters. The summed E-state index contributed by atoms with van der Waals surface area (Å²) in [4.78, 5) is 0. The number of hydrogen-bond acceptors (Lipinski definition) is 2. The van der Waals surface area contributed by atoms with E-state index < -0.39 is 0 Å². The Morgan fingerprint density at radius 2 is 2.25 bits per heavy atom. The summed E-state index contributed by atoms with van der Waals surface area (Å²) >= 11 is 6.08. The van der Waals surface area contributed by atoms with Gasteiger partial charge >= 0.3 is 0 Å². The van der Waals surface area contributed by atoms with Crippen molar-refractivity contribution in [2.75, 3.05) is 13.1 Å². The molecule has 0 saturated carbocycles. The van der Waals surface area contributed by atoms with Crippen LogP contribution in [0.5, 0.6) is 0 Å². The Bertz CT molecular complexity index is 556. The second-order valence-corrected chi connectivity index (χ2v) is 4.36. The van der Waals surface area contributed by atoms with Crippen LogP contribution in [0.4, 0.5) is 0 Å². The van der Waals surface area contributed by atoms with Crippen LogP contribution in [0, 0.1) is 0 Å². The van der Waals surface area contributed by atoms with Crippen LogP contribution in [-0.2, 0) is 0 Å². The zero-order chi connectivity index (χ0) is 11.0. The fourth-order valence-electron chi connectivity index (χ4n) is 2.03. The minimum absolute atomic E-state index is 0.679. The molecular weight excluding hydrogens is 222 g/mol.